The number of carbonyl (C=O) groups excluding carboxylic acids is 2. The van der Waals surface area contributed by atoms with E-state index >= 15 is 0 Å². The molecule has 4 rings (SSSR count). The van der Waals surface area contributed by atoms with E-state index in [0.717, 1.165) is 16.8 Å². The van der Waals surface area contributed by atoms with Gasteiger partial charge in [-0.1, -0.05) is 42.5 Å². The highest BCUT2D eigenvalue weighted by atomic mass is 32.2. The van der Waals surface area contributed by atoms with E-state index < -0.39 is 39.2 Å². The zero-order valence-electron chi connectivity index (χ0n) is 18.1. The lowest BCUT2D eigenvalue weighted by Crippen LogP contribution is -2.40. The van der Waals surface area contributed by atoms with Crippen molar-refractivity contribution in [1.82, 2.24) is 4.31 Å². The number of Topliss-reactive ketones (excluding diaryl/α,β-unsaturated/α-hetero) is 1. The highest BCUT2D eigenvalue weighted by Crippen LogP contribution is 2.27. The number of nitro groups is 1. The predicted octanol–water partition coefficient (Wildman–Crippen LogP) is 3.57. The summed E-state index contributed by atoms with van der Waals surface area (Å²) in [5.41, 5.74) is -0.143. The Balaban J connectivity index is 1.33. The summed E-state index contributed by atoms with van der Waals surface area (Å²) >= 11 is 0. The number of carbonyl (C=O) groups is 2. The van der Waals surface area contributed by atoms with Crippen LogP contribution in [0.3, 0.4) is 0 Å². The Bertz CT molecular complexity index is 1360. The summed E-state index contributed by atoms with van der Waals surface area (Å²) in [5, 5.41) is 12.6. The Morgan fingerprint density at radius 1 is 0.971 bits per heavy atom. The summed E-state index contributed by atoms with van der Waals surface area (Å²) < 4.78 is 32.6. The molecule has 1 aliphatic heterocycles. The fraction of sp³-hybridized carbons (Fsp3) is 0.250. The Labute approximate surface area is 196 Å². The van der Waals surface area contributed by atoms with Crippen LogP contribution in [0.15, 0.2) is 71.6 Å². The van der Waals surface area contributed by atoms with Crippen molar-refractivity contribution in [2.75, 3.05) is 19.7 Å². The molecule has 0 atom stereocenters. The average Bonchev–Trinajstić information content (AvgIpc) is 2.86. The summed E-state index contributed by atoms with van der Waals surface area (Å²) in [6.07, 6.45) is 0.549. The Hall–Kier alpha value is -3.63. The van der Waals surface area contributed by atoms with Crippen LogP contribution in [0.4, 0.5) is 5.69 Å². The lowest BCUT2D eigenvalue weighted by atomic mass is 9.98. The van der Waals surface area contributed by atoms with Crippen LogP contribution in [0.5, 0.6) is 0 Å². The first kappa shape index (κ1) is 23.5. The van der Waals surface area contributed by atoms with Crippen LogP contribution in [-0.2, 0) is 19.6 Å². The van der Waals surface area contributed by atoms with Crippen molar-refractivity contribution in [2.24, 2.45) is 5.92 Å². The van der Waals surface area contributed by atoms with Gasteiger partial charge in [-0.2, -0.15) is 4.31 Å². The fourth-order valence-electron chi connectivity index (χ4n) is 3.94. The number of ether oxygens (including phenoxy) is 1. The number of esters is 1. The van der Waals surface area contributed by atoms with Gasteiger partial charge in [0.15, 0.2) is 6.61 Å². The first-order valence-corrected chi connectivity index (χ1v) is 12.1. The maximum Gasteiger partial charge on any atom is 0.309 e. The highest BCUT2D eigenvalue weighted by molar-refractivity contribution is 7.89. The van der Waals surface area contributed by atoms with Crippen molar-refractivity contribution in [3.05, 3.63) is 82.4 Å². The summed E-state index contributed by atoms with van der Waals surface area (Å²) in [5.74, 6) is -1.66. The number of fused-ring (bicyclic) bond motifs is 1. The summed E-state index contributed by atoms with van der Waals surface area (Å²) in [7, 11) is -3.70. The van der Waals surface area contributed by atoms with Crippen LogP contribution in [0.25, 0.3) is 10.8 Å². The van der Waals surface area contributed by atoms with E-state index in [9.17, 15) is 28.1 Å². The van der Waals surface area contributed by atoms with Gasteiger partial charge < -0.3 is 4.74 Å². The van der Waals surface area contributed by atoms with E-state index in [1.807, 2.05) is 24.3 Å². The molecular weight excluding hydrogens is 460 g/mol. The van der Waals surface area contributed by atoms with E-state index in [0.29, 0.717) is 0 Å². The number of piperidine rings is 1. The van der Waals surface area contributed by atoms with Gasteiger partial charge in [0.05, 0.1) is 15.7 Å². The molecule has 0 amide bonds. The molecule has 10 heteroatoms. The summed E-state index contributed by atoms with van der Waals surface area (Å²) in [4.78, 5) is 35.1. The molecule has 0 aliphatic carbocycles. The highest BCUT2D eigenvalue weighted by Gasteiger charge is 2.33. The molecule has 0 aromatic heterocycles. The molecule has 1 heterocycles. The smallest absolute Gasteiger partial charge is 0.309 e. The van der Waals surface area contributed by atoms with E-state index in [1.165, 1.54) is 22.5 Å². The van der Waals surface area contributed by atoms with Crippen LogP contribution in [-0.4, -0.2) is 49.1 Å². The maximum absolute atomic E-state index is 13.1. The van der Waals surface area contributed by atoms with Gasteiger partial charge in [-0.15, -0.1) is 0 Å². The molecule has 0 unspecified atom stereocenters. The molecular formula is C24H22N2O7S. The number of ketones is 1. The monoisotopic (exact) mass is 482 g/mol. The number of hydrogen-bond acceptors (Lipinski definition) is 7. The second-order valence-corrected chi connectivity index (χ2v) is 9.96. The Morgan fingerprint density at radius 2 is 1.68 bits per heavy atom. The molecule has 1 aliphatic rings. The molecule has 9 nitrogen and oxygen atoms in total. The second-order valence-electron chi connectivity index (χ2n) is 8.03. The van der Waals surface area contributed by atoms with Gasteiger partial charge in [0.25, 0.3) is 5.69 Å². The van der Waals surface area contributed by atoms with Gasteiger partial charge in [-0.25, -0.2) is 8.42 Å². The van der Waals surface area contributed by atoms with Gasteiger partial charge in [0.1, 0.15) is 0 Å². The van der Waals surface area contributed by atoms with Gasteiger partial charge in [-0.3, -0.25) is 19.7 Å². The SMILES string of the molecule is O=C(COC(=O)C1CCN(S(=O)(=O)c2ccc3ccccc3c2)CC1)c1cccc([N+](=O)[O-])c1. The number of rotatable bonds is 7. The first-order valence-electron chi connectivity index (χ1n) is 10.7. The molecule has 34 heavy (non-hydrogen) atoms. The molecule has 176 valence electrons. The van der Waals surface area contributed by atoms with Crippen molar-refractivity contribution >= 4 is 38.2 Å². The molecule has 3 aromatic carbocycles. The maximum atomic E-state index is 13.1. The number of hydrogen-bond donors (Lipinski definition) is 0. The molecule has 1 fully saturated rings. The zero-order chi connectivity index (χ0) is 24.3. The topological polar surface area (TPSA) is 124 Å². The van der Waals surface area contributed by atoms with Gasteiger partial charge >= 0.3 is 5.97 Å². The average molecular weight is 483 g/mol. The van der Waals surface area contributed by atoms with Crippen molar-refractivity contribution in [1.29, 1.82) is 0 Å². The lowest BCUT2D eigenvalue weighted by molar-refractivity contribution is -0.384. The van der Waals surface area contributed by atoms with Gasteiger partial charge in [0.2, 0.25) is 15.8 Å². The minimum atomic E-state index is -3.70. The zero-order valence-corrected chi connectivity index (χ0v) is 18.9. The minimum Gasteiger partial charge on any atom is -0.457 e. The fourth-order valence-corrected chi connectivity index (χ4v) is 5.45. The molecule has 3 aromatic rings. The third kappa shape index (κ3) is 4.97. The summed E-state index contributed by atoms with van der Waals surface area (Å²) in [6.45, 7) is -0.211. The molecule has 0 N–H and O–H groups in total. The Morgan fingerprint density at radius 3 is 2.38 bits per heavy atom. The van der Waals surface area contributed by atoms with Crippen LogP contribution in [0, 0.1) is 16.0 Å². The molecule has 0 spiro atoms. The quantitative estimate of drug-likeness (QED) is 0.218. The van der Waals surface area contributed by atoms with Crippen LogP contribution >= 0.6 is 0 Å². The van der Waals surface area contributed by atoms with Crippen molar-refractivity contribution in [2.45, 2.75) is 17.7 Å². The molecule has 0 bridgehead atoms. The van der Waals surface area contributed by atoms with E-state index in [4.69, 9.17) is 4.74 Å². The standard InChI is InChI=1S/C24H22N2O7S/c27-23(20-6-3-7-21(14-20)26(29)30)16-33-24(28)18-10-12-25(13-11-18)34(31,32)22-9-8-17-4-1-2-5-19(17)15-22/h1-9,14-15,18H,10-13,16H2. The molecule has 1 saturated heterocycles. The number of benzene rings is 3. The first-order chi connectivity index (χ1) is 16.3. The van der Waals surface area contributed by atoms with Crippen molar-refractivity contribution < 1.29 is 27.7 Å². The van der Waals surface area contributed by atoms with Crippen molar-refractivity contribution in [3.8, 4) is 0 Å². The normalized spacial score (nSPS) is 15.2. The second kappa shape index (κ2) is 9.70. The minimum absolute atomic E-state index is 0.0818. The van der Waals surface area contributed by atoms with Crippen LogP contribution in [0.2, 0.25) is 0 Å². The van der Waals surface area contributed by atoms with E-state index in [1.54, 1.807) is 18.2 Å². The molecule has 0 saturated carbocycles. The van der Waals surface area contributed by atoms with Crippen LogP contribution < -0.4 is 0 Å². The number of nitro benzene ring substituents is 1. The van der Waals surface area contributed by atoms with E-state index in [2.05, 4.69) is 0 Å². The summed E-state index contributed by atoms with van der Waals surface area (Å²) in [6, 6.07) is 17.7. The largest absolute Gasteiger partial charge is 0.457 e. The predicted molar refractivity (Wildman–Crippen MR) is 124 cm³/mol. The number of non-ortho nitro benzene ring substituents is 1. The molecule has 0 radical (unpaired) electrons. The Kier molecular flexibility index (Phi) is 6.71. The van der Waals surface area contributed by atoms with Crippen LogP contribution in [0.1, 0.15) is 23.2 Å². The van der Waals surface area contributed by atoms with Crippen molar-refractivity contribution in [3.63, 3.8) is 0 Å². The number of nitrogens with zero attached hydrogens (tertiary/aromatic N) is 2. The third-order valence-electron chi connectivity index (χ3n) is 5.87. The van der Waals surface area contributed by atoms with Gasteiger partial charge in [-0.05, 0) is 35.7 Å². The lowest BCUT2D eigenvalue weighted by Gasteiger charge is -2.30. The number of sulfonamides is 1. The van der Waals surface area contributed by atoms with E-state index in [-0.39, 0.29) is 42.1 Å². The van der Waals surface area contributed by atoms with Gasteiger partial charge in [0, 0.05) is 30.8 Å². The third-order valence-corrected chi connectivity index (χ3v) is 7.77.